The number of hydrogen-bond acceptors (Lipinski definition) is 4. The zero-order chi connectivity index (χ0) is 26.2. The number of nitrogens with zero attached hydrogens (tertiary/aromatic N) is 5. The number of carbonyl (C=O) groups excluding carboxylic acids is 1. The lowest BCUT2D eigenvalue weighted by Crippen LogP contribution is -2.34. The van der Waals surface area contributed by atoms with E-state index in [-0.39, 0.29) is 5.91 Å². The standard InChI is InChI=1S/C31H45N5O/c1-24(2)13-21-35(22-14-25(3)4)31(37)27-9-10-28-29(23-27)36(20-8-19-34-17-6-5-7-18-34)30(33-28)26-11-15-32-16-12-26/h9-12,15-16,23-25H,5-8,13-14,17-22H2,1-4H3. The summed E-state index contributed by atoms with van der Waals surface area (Å²) < 4.78 is 2.32. The van der Waals surface area contributed by atoms with Crippen molar-refractivity contribution in [2.45, 2.75) is 72.8 Å². The first-order valence-corrected chi connectivity index (χ1v) is 14.3. The van der Waals surface area contributed by atoms with Gasteiger partial charge in [0.2, 0.25) is 0 Å². The van der Waals surface area contributed by atoms with Crippen LogP contribution in [-0.4, -0.2) is 63.0 Å². The number of piperidine rings is 1. The first-order chi connectivity index (χ1) is 17.9. The van der Waals surface area contributed by atoms with Crippen LogP contribution in [0.2, 0.25) is 0 Å². The van der Waals surface area contributed by atoms with Crippen LogP contribution in [0.25, 0.3) is 22.4 Å². The van der Waals surface area contributed by atoms with Crippen LogP contribution in [0.4, 0.5) is 0 Å². The molecule has 6 heteroatoms. The smallest absolute Gasteiger partial charge is 0.253 e. The first kappa shape index (κ1) is 27.3. The minimum absolute atomic E-state index is 0.134. The van der Waals surface area contributed by atoms with Crippen LogP contribution in [0.3, 0.4) is 0 Å². The molecule has 6 nitrogen and oxygen atoms in total. The number of hydrogen-bond donors (Lipinski definition) is 0. The zero-order valence-electron chi connectivity index (χ0n) is 23.3. The van der Waals surface area contributed by atoms with Gasteiger partial charge in [0.15, 0.2) is 0 Å². The van der Waals surface area contributed by atoms with Gasteiger partial charge in [0.1, 0.15) is 5.82 Å². The Morgan fingerprint density at radius 1 is 0.919 bits per heavy atom. The summed E-state index contributed by atoms with van der Waals surface area (Å²) in [5, 5.41) is 0. The summed E-state index contributed by atoms with van der Waals surface area (Å²) in [5.74, 6) is 2.23. The summed E-state index contributed by atoms with van der Waals surface area (Å²) in [5.41, 5.74) is 3.81. The number of carbonyl (C=O) groups is 1. The van der Waals surface area contributed by atoms with Crippen molar-refractivity contribution < 1.29 is 4.79 Å². The molecule has 1 amide bonds. The molecule has 2 aromatic heterocycles. The number of aromatic nitrogens is 3. The van der Waals surface area contributed by atoms with E-state index >= 15 is 0 Å². The second kappa shape index (κ2) is 13.2. The number of likely N-dealkylation sites (tertiary alicyclic amines) is 1. The second-order valence-corrected chi connectivity index (χ2v) is 11.4. The fourth-order valence-corrected chi connectivity index (χ4v) is 5.16. The van der Waals surface area contributed by atoms with Gasteiger partial charge in [0.05, 0.1) is 11.0 Å². The zero-order valence-corrected chi connectivity index (χ0v) is 23.3. The monoisotopic (exact) mass is 503 g/mol. The van der Waals surface area contributed by atoms with Gasteiger partial charge in [-0.1, -0.05) is 34.1 Å². The molecule has 1 fully saturated rings. The van der Waals surface area contributed by atoms with Crippen molar-refractivity contribution in [3.63, 3.8) is 0 Å². The highest BCUT2D eigenvalue weighted by molar-refractivity contribution is 5.98. The molecule has 1 aliphatic heterocycles. The Morgan fingerprint density at radius 2 is 1.59 bits per heavy atom. The first-order valence-electron chi connectivity index (χ1n) is 14.3. The van der Waals surface area contributed by atoms with E-state index in [1.807, 2.05) is 36.7 Å². The van der Waals surface area contributed by atoms with Gasteiger partial charge in [-0.15, -0.1) is 0 Å². The van der Waals surface area contributed by atoms with Gasteiger partial charge in [-0.2, -0.15) is 0 Å². The molecule has 1 aliphatic rings. The van der Waals surface area contributed by atoms with Gasteiger partial charge in [0.25, 0.3) is 5.91 Å². The molecule has 0 spiro atoms. The SMILES string of the molecule is CC(C)CCN(CCC(C)C)C(=O)c1ccc2nc(-c3ccncc3)n(CCCN3CCCCC3)c2c1. The minimum atomic E-state index is 0.134. The van der Waals surface area contributed by atoms with Gasteiger partial charge < -0.3 is 14.4 Å². The number of imidazole rings is 1. The van der Waals surface area contributed by atoms with Crippen LogP contribution in [0, 0.1) is 11.8 Å². The molecule has 4 rings (SSSR count). The Bertz CT molecular complexity index is 1120. The van der Waals surface area contributed by atoms with Crippen molar-refractivity contribution >= 4 is 16.9 Å². The van der Waals surface area contributed by atoms with E-state index in [9.17, 15) is 4.79 Å². The molecule has 0 unspecified atom stereocenters. The predicted molar refractivity (Wildman–Crippen MR) is 153 cm³/mol. The lowest BCUT2D eigenvalue weighted by atomic mass is 10.1. The molecular weight excluding hydrogens is 458 g/mol. The summed E-state index contributed by atoms with van der Waals surface area (Å²) in [4.78, 5) is 27.6. The van der Waals surface area contributed by atoms with Crippen molar-refractivity contribution in [2.75, 3.05) is 32.7 Å². The number of amides is 1. The van der Waals surface area contributed by atoms with Crippen LogP contribution < -0.4 is 0 Å². The number of pyridine rings is 1. The molecular formula is C31H45N5O. The molecule has 1 saturated heterocycles. The normalized spacial score (nSPS) is 14.6. The Balaban J connectivity index is 1.62. The Hall–Kier alpha value is -2.73. The fraction of sp³-hybridized carbons (Fsp3) is 0.581. The molecule has 0 atom stereocenters. The van der Waals surface area contributed by atoms with Crippen molar-refractivity contribution in [2.24, 2.45) is 11.8 Å². The summed E-state index contributed by atoms with van der Waals surface area (Å²) in [7, 11) is 0. The number of benzene rings is 1. The maximum atomic E-state index is 13.7. The predicted octanol–water partition coefficient (Wildman–Crippen LogP) is 6.51. The van der Waals surface area contributed by atoms with E-state index in [2.05, 4.69) is 53.1 Å². The van der Waals surface area contributed by atoms with Gasteiger partial charge in [0, 0.05) is 43.2 Å². The average Bonchev–Trinajstić information content (AvgIpc) is 3.27. The molecule has 0 saturated carbocycles. The van der Waals surface area contributed by atoms with Crippen LogP contribution in [0.1, 0.15) is 76.6 Å². The van der Waals surface area contributed by atoms with Gasteiger partial charge in [-0.05, 0) is 93.9 Å². The van der Waals surface area contributed by atoms with E-state index in [0.29, 0.717) is 11.8 Å². The summed E-state index contributed by atoms with van der Waals surface area (Å²) in [6.45, 7) is 14.9. The largest absolute Gasteiger partial charge is 0.339 e. The Kier molecular flexibility index (Phi) is 9.73. The van der Waals surface area contributed by atoms with E-state index < -0.39 is 0 Å². The van der Waals surface area contributed by atoms with Crippen LogP contribution in [0.15, 0.2) is 42.7 Å². The molecule has 3 heterocycles. The summed E-state index contributed by atoms with van der Waals surface area (Å²) in [6.07, 6.45) is 10.7. The van der Waals surface area contributed by atoms with E-state index in [0.717, 1.165) is 73.4 Å². The number of fused-ring (bicyclic) bond motifs is 1. The highest BCUT2D eigenvalue weighted by atomic mass is 16.2. The third kappa shape index (κ3) is 7.41. The van der Waals surface area contributed by atoms with Gasteiger partial charge in [-0.3, -0.25) is 9.78 Å². The van der Waals surface area contributed by atoms with E-state index in [4.69, 9.17) is 4.98 Å². The summed E-state index contributed by atoms with van der Waals surface area (Å²) >= 11 is 0. The topological polar surface area (TPSA) is 54.3 Å². The average molecular weight is 504 g/mol. The number of aryl methyl sites for hydroxylation is 1. The molecule has 0 radical (unpaired) electrons. The Morgan fingerprint density at radius 3 is 2.24 bits per heavy atom. The van der Waals surface area contributed by atoms with Gasteiger partial charge >= 0.3 is 0 Å². The lowest BCUT2D eigenvalue weighted by Gasteiger charge is -2.26. The second-order valence-electron chi connectivity index (χ2n) is 11.4. The maximum Gasteiger partial charge on any atom is 0.253 e. The van der Waals surface area contributed by atoms with Crippen molar-refractivity contribution in [3.8, 4) is 11.4 Å². The van der Waals surface area contributed by atoms with Crippen molar-refractivity contribution in [3.05, 3.63) is 48.3 Å². The molecule has 0 bridgehead atoms. The molecule has 1 aromatic carbocycles. The third-order valence-electron chi connectivity index (χ3n) is 7.48. The van der Waals surface area contributed by atoms with Crippen LogP contribution in [0.5, 0.6) is 0 Å². The van der Waals surface area contributed by atoms with Crippen LogP contribution in [-0.2, 0) is 6.54 Å². The molecule has 0 aliphatic carbocycles. The molecule has 3 aromatic rings. The maximum absolute atomic E-state index is 13.7. The van der Waals surface area contributed by atoms with E-state index in [1.54, 1.807) is 0 Å². The minimum Gasteiger partial charge on any atom is -0.339 e. The quantitative estimate of drug-likeness (QED) is 0.283. The molecule has 200 valence electrons. The molecule has 0 N–H and O–H groups in total. The summed E-state index contributed by atoms with van der Waals surface area (Å²) in [6, 6.07) is 10.1. The molecule has 37 heavy (non-hydrogen) atoms. The van der Waals surface area contributed by atoms with Crippen molar-refractivity contribution in [1.82, 2.24) is 24.3 Å². The highest BCUT2D eigenvalue weighted by Gasteiger charge is 2.20. The van der Waals surface area contributed by atoms with Crippen molar-refractivity contribution in [1.29, 1.82) is 0 Å². The lowest BCUT2D eigenvalue weighted by molar-refractivity contribution is 0.0741. The highest BCUT2D eigenvalue weighted by Crippen LogP contribution is 2.27. The van der Waals surface area contributed by atoms with Crippen LogP contribution >= 0.6 is 0 Å². The van der Waals surface area contributed by atoms with E-state index in [1.165, 1.54) is 32.4 Å². The third-order valence-corrected chi connectivity index (χ3v) is 7.48. The fourth-order valence-electron chi connectivity index (χ4n) is 5.16. The number of rotatable bonds is 12. The van der Waals surface area contributed by atoms with Gasteiger partial charge in [-0.25, -0.2) is 4.98 Å². The Labute approximate surface area is 223 Å².